The number of hydrogen-bond acceptors (Lipinski definition) is 3. The molecule has 1 aromatic carbocycles. The Labute approximate surface area is 128 Å². The van der Waals surface area contributed by atoms with E-state index in [0.717, 1.165) is 9.35 Å². The molecule has 0 unspecified atom stereocenters. The first kappa shape index (κ1) is 14.7. The van der Waals surface area contributed by atoms with Gasteiger partial charge in [-0.25, -0.2) is 4.79 Å². The molecule has 0 bridgehead atoms. The maximum atomic E-state index is 12.0. The summed E-state index contributed by atoms with van der Waals surface area (Å²) in [6.07, 6.45) is 0. The third kappa shape index (κ3) is 3.08. The van der Waals surface area contributed by atoms with Gasteiger partial charge < -0.3 is 10.4 Å². The number of thiophene rings is 1. The maximum Gasteiger partial charge on any atom is 0.336 e. The van der Waals surface area contributed by atoms with Crippen molar-refractivity contribution in [2.24, 2.45) is 0 Å². The Bertz CT molecular complexity index is 694. The number of carboxylic acids is 1. The molecule has 0 aliphatic carbocycles. The Morgan fingerprint density at radius 3 is 2.50 bits per heavy atom. The van der Waals surface area contributed by atoms with E-state index in [1.54, 1.807) is 25.1 Å². The van der Waals surface area contributed by atoms with Gasteiger partial charge in [-0.05, 0) is 65.2 Å². The number of rotatable bonds is 3. The second-order valence-corrected chi connectivity index (χ2v) is 6.79. The monoisotopic (exact) mass is 353 g/mol. The molecule has 2 aromatic rings. The highest BCUT2D eigenvalue weighted by Gasteiger charge is 2.14. The molecule has 0 fully saturated rings. The standard InChI is InChI=1S/C14H12BrNO3S/c1-7-5-9(6-10(8(7)2)14(18)19)16-13(17)11-3-4-12(15)20-11/h3-6H,1-2H3,(H,16,17)(H,18,19). The Hall–Kier alpha value is -1.66. The smallest absolute Gasteiger partial charge is 0.336 e. The van der Waals surface area contributed by atoms with Crippen molar-refractivity contribution in [3.05, 3.63) is 49.6 Å². The molecule has 4 nitrogen and oxygen atoms in total. The van der Waals surface area contributed by atoms with Crippen molar-refractivity contribution in [1.29, 1.82) is 0 Å². The van der Waals surface area contributed by atoms with Crippen LogP contribution in [-0.2, 0) is 0 Å². The third-order valence-electron chi connectivity index (χ3n) is 2.95. The minimum Gasteiger partial charge on any atom is -0.478 e. The van der Waals surface area contributed by atoms with E-state index in [0.29, 0.717) is 16.1 Å². The van der Waals surface area contributed by atoms with E-state index in [4.69, 9.17) is 5.11 Å². The molecule has 0 aliphatic rings. The summed E-state index contributed by atoms with van der Waals surface area (Å²) in [7, 11) is 0. The Balaban J connectivity index is 2.30. The van der Waals surface area contributed by atoms with Crippen LogP contribution in [0.1, 0.15) is 31.2 Å². The number of carbonyl (C=O) groups excluding carboxylic acids is 1. The Morgan fingerprint density at radius 1 is 1.25 bits per heavy atom. The molecule has 1 amide bonds. The first-order chi connectivity index (χ1) is 9.38. The van der Waals surface area contributed by atoms with Crippen LogP contribution >= 0.6 is 27.3 Å². The fourth-order valence-corrected chi connectivity index (χ4v) is 3.06. The predicted octanol–water partition coefficient (Wildman–Crippen LogP) is 4.08. The number of aromatic carboxylic acids is 1. The van der Waals surface area contributed by atoms with Crippen LogP contribution in [0.2, 0.25) is 0 Å². The highest BCUT2D eigenvalue weighted by Crippen LogP contribution is 2.24. The van der Waals surface area contributed by atoms with E-state index in [1.165, 1.54) is 17.4 Å². The van der Waals surface area contributed by atoms with Gasteiger partial charge in [0.15, 0.2) is 0 Å². The molecular formula is C14H12BrNO3S. The van der Waals surface area contributed by atoms with Crippen LogP contribution in [0.3, 0.4) is 0 Å². The van der Waals surface area contributed by atoms with Crippen LogP contribution < -0.4 is 5.32 Å². The normalized spacial score (nSPS) is 10.3. The van der Waals surface area contributed by atoms with Gasteiger partial charge in [-0.1, -0.05) is 0 Å². The molecule has 0 saturated heterocycles. The quantitative estimate of drug-likeness (QED) is 0.873. The van der Waals surface area contributed by atoms with Crippen molar-refractivity contribution in [2.45, 2.75) is 13.8 Å². The summed E-state index contributed by atoms with van der Waals surface area (Å²) >= 11 is 4.62. The van der Waals surface area contributed by atoms with Crippen LogP contribution in [0.15, 0.2) is 28.1 Å². The van der Waals surface area contributed by atoms with Crippen molar-refractivity contribution in [2.75, 3.05) is 5.32 Å². The molecule has 2 rings (SSSR count). The molecule has 2 N–H and O–H groups in total. The molecule has 0 radical (unpaired) electrons. The van der Waals surface area contributed by atoms with E-state index in [1.807, 2.05) is 6.92 Å². The summed E-state index contributed by atoms with van der Waals surface area (Å²) < 4.78 is 0.869. The number of hydrogen-bond donors (Lipinski definition) is 2. The Morgan fingerprint density at radius 2 is 1.95 bits per heavy atom. The second-order valence-electron chi connectivity index (χ2n) is 4.33. The summed E-state index contributed by atoms with van der Waals surface area (Å²) in [5.74, 6) is -1.25. The van der Waals surface area contributed by atoms with E-state index in [2.05, 4.69) is 21.2 Å². The minimum absolute atomic E-state index is 0.202. The highest BCUT2D eigenvalue weighted by atomic mass is 79.9. The molecule has 1 heterocycles. The van der Waals surface area contributed by atoms with Crippen molar-refractivity contribution >= 4 is 44.8 Å². The van der Waals surface area contributed by atoms with Crippen LogP contribution in [0.5, 0.6) is 0 Å². The number of aryl methyl sites for hydroxylation is 1. The summed E-state index contributed by atoms with van der Waals surface area (Å²) in [6.45, 7) is 3.57. The molecular weight excluding hydrogens is 342 g/mol. The number of halogens is 1. The molecule has 1 aromatic heterocycles. The zero-order valence-corrected chi connectivity index (χ0v) is 13.3. The molecule has 0 aliphatic heterocycles. The van der Waals surface area contributed by atoms with Gasteiger partial charge in [0.2, 0.25) is 0 Å². The van der Waals surface area contributed by atoms with E-state index < -0.39 is 5.97 Å². The van der Waals surface area contributed by atoms with E-state index in [-0.39, 0.29) is 11.5 Å². The number of carboxylic acid groups (broad SMARTS) is 1. The van der Waals surface area contributed by atoms with Crippen LogP contribution in [0, 0.1) is 13.8 Å². The van der Waals surface area contributed by atoms with Crippen LogP contribution in [0.25, 0.3) is 0 Å². The zero-order valence-electron chi connectivity index (χ0n) is 10.9. The van der Waals surface area contributed by atoms with Crippen LogP contribution in [0.4, 0.5) is 5.69 Å². The largest absolute Gasteiger partial charge is 0.478 e. The summed E-state index contributed by atoms with van der Waals surface area (Å²) in [6, 6.07) is 6.75. The summed E-state index contributed by atoms with van der Waals surface area (Å²) in [5, 5.41) is 11.9. The molecule has 0 saturated carbocycles. The van der Waals surface area contributed by atoms with E-state index >= 15 is 0 Å². The van der Waals surface area contributed by atoms with Crippen molar-refractivity contribution in [1.82, 2.24) is 0 Å². The zero-order chi connectivity index (χ0) is 14.9. The number of carbonyl (C=O) groups is 2. The van der Waals surface area contributed by atoms with Gasteiger partial charge in [0.1, 0.15) is 0 Å². The SMILES string of the molecule is Cc1cc(NC(=O)c2ccc(Br)s2)cc(C(=O)O)c1C. The van der Waals surface area contributed by atoms with Gasteiger partial charge in [0, 0.05) is 5.69 Å². The molecule has 0 atom stereocenters. The van der Waals surface area contributed by atoms with Crippen molar-refractivity contribution in [3.8, 4) is 0 Å². The lowest BCUT2D eigenvalue weighted by Gasteiger charge is -2.10. The lowest BCUT2D eigenvalue weighted by Crippen LogP contribution is -2.12. The second kappa shape index (κ2) is 5.76. The third-order valence-corrected chi connectivity index (χ3v) is 4.58. The highest BCUT2D eigenvalue weighted by molar-refractivity contribution is 9.11. The number of amides is 1. The Kier molecular flexibility index (Phi) is 4.25. The topological polar surface area (TPSA) is 66.4 Å². The van der Waals surface area contributed by atoms with E-state index in [9.17, 15) is 9.59 Å². The predicted molar refractivity (Wildman–Crippen MR) is 82.8 cm³/mol. The first-order valence-corrected chi connectivity index (χ1v) is 7.40. The van der Waals surface area contributed by atoms with Gasteiger partial charge in [-0.3, -0.25) is 4.79 Å². The van der Waals surface area contributed by atoms with Gasteiger partial charge in [-0.15, -0.1) is 11.3 Å². The number of anilines is 1. The fourth-order valence-electron chi connectivity index (χ4n) is 1.78. The molecule has 20 heavy (non-hydrogen) atoms. The average molecular weight is 354 g/mol. The van der Waals surface area contributed by atoms with Gasteiger partial charge in [0.25, 0.3) is 5.91 Å². The van der Waals surface area contributed by atoms with Crippen molar-refractivity contribution < 1.29 is 14.7 Å². The average Bonchev–Trinajstić information content (AvgIpc) is 2.80. The first-order valence-electron chi connectivity index (χ1n) is 5.79. The summed E-state index contributed by atoms with van der Waals surface area (Å²) in [5.41, 5.74) is 2.22. The maximum absolute atomic E-state index is 12.0. The lowest BCUT2D eigenvalue weighted by molar-refractivity contribution is 0.0695. The molecule has 6 heteroatoms. The van der Waals surface area contributed by atoms with Crippen LogP contribution in [-0.4, -0.2) is 17.0 Å². The van der Waals surface area contributed by atoms with Gasteiger partial charge in [0.05, 0.1) is 14.2 Å². The molecule has 104 valence electrons. The number of benzene rings is 1. The lowest BCUT2D eigenvalue weighted by atomic mass is 10.0. The van der Waals surface area contributed by atoms with Crippen molar-refractivity contribution in [3.63, 3.8) is 0 Å². The number of nitrogens with one attached hydrogen (secondary N) is 1. The molecule has 0 spiro atoms. The fraction of sp³-hybridized carbons (Fsp3) is 0.143. The summed E-state index contributed by atoms with van der Waals surface area (Å²) in [4.78, 5) is 23.8. The minimum atomic E-state index is -0.999. The van der Waals surface area contributed by atoms with Gasteiger partial charge >= 0.3 is 5.97 Å². The van der Waals surface area contributed by atoms with Gasteiger partial charge in [-0.2, -0.15) is 0 Å².